The molecule has 6 heteroatoms. The number of hydrogen-bond donors (Lipinski definition) is 4. The molecular weight excluding hydrogens is 180 g/mol. The Kier molecular flexibility index (Phi) is 3.23. The lowest BCUT2D eigenvalue weighted by Gasteiger charge is -2.42. The van der Waals surface area contributed by atoms with E-state index in [0.717, 1.165) is 0 Å². The largest absolute Gasteiger partial charge is 0.391 e. The molecule has 1 rings (SSSR count). The Hall–Kier alpha value is -0.240. The third kappa shape index (κ3) is 1.69. The van der Waals surface area contributed by atoms with Crippen molar-refractivity contribution in [1.82, 2.24) is 0 Å². The van der Waals surface area contributed by atoms with Crippen LogP contribution in [0.5, 0.6) is 0 Å². The molecule has 0 spiro atoms. The van der Waals surface area contributed by atoms with Gasteiger partial charge in [0.1, 0.15) is 24.9 Å². The zero-order valence-corrected chi connectivity index (χ0v) is 7.25. The molecule has 0 radical (unpaired) electrons. The average Bonchev–Trinajstić information content (AvgIpc) is 2.16. The Morgan fingerprint density at radius 1 is 1.46 bits per heavy atom. The Labute approximate surface area is 75.3 Å². The Morgan fingerprint density at radius 2 is 2.08 bits per heavy atom. The smallest absolute Gasteiger partial charge is 0.220 e. The van der Waals surface area contributed by atoms with Crippen LogP contribution in [0, 0.1) is 0 Å². The van der Waals surface area contributed by atoms with Crippen LogP contribution in [0.25, 0.3) is 0 Å². The number of hydrogen-bond acceptors (Lipinski definition) is 6. The third-order valence-electron chi connectivity index (χ3n) is 2.23. The van der Waals surface area contributed by atoms with E-state index in [9.17, 15) is 10.2 Å². The van der Waals surface area contributed by atoms with Gasteiger partial charge in [0.05, 0.1) is 6.61 Å². The minimum atomic E-state index is -1.63. The lowest BCUT2D eigenvalue weighted by molar-refractivity contribution is -0.340. The molecule has 1 aliphatic rings. The lowest BCUT2D eigenvalue weighted by atomic mass is 9.97. The predicted octanol–water partition coefficient (Wildman–Crippen LogP) is -2.57. The summed E-state index contributed by atoms with van der Waals surface area (Å²) in [5.41, 5.74) is 0. The second-order valence-corrected chi connectivity index (χ2v) is 2.99. The summed E-state index contributed by atoms with van der Waals surface area (Å²) in [4.78, 5) is 0. The van der Waals surface area contributed by atoms with Gasteiger partial charge in [-0.2, -0.15) is 0 Å². The van der Waals surface area contributed by atoms with Crippen LogP contribution < -0.4 is 0 Å². The summed E-state index contributed by atoms with van der Waals surface area (Å²) in [6.07, 6.45) is -4.00. The highest BCUT2D eigenvalue weighted by atomic mass is 16.7. The van der Waals surface area contributed by atoms with Crippen molar-refractivity contribution >= 4 is 0 Å². The highest BCUT2D eigenvalue weighted by molar-refractivity contribution is 4.92. The summed E-state index contributed by atoms with van der Waals surface area (Å²) in [6, 6.07) is 0. The molecule has 4 atom stereocenters. The van der Waals surface area contributed by atoms with Crippen molar-refractivity contribution in [3.63, 3.8) is 0 Å². The maximum Gasteiger partial charge on any atom is 0.220 e. The molecule has 0 amide bonds. The van der Waals surface area contributed by atoms with Gasteiger partial charge in [0, 0.05) is 7.11 Å². The number of ether oxygens (including phenoxy) is 2. The SMILES string of the molecule is COC1(CO)OC[C@@H](O)[C@@H](O)[C@@H]1O. The summed E-state index contributed by atoms with van der Waals surface area (Å²) in [5.74, 6) is -1.63. The van der Waals surface area contributed by atoms with Gasteiger partial charge in [-0.15, -0.1) is 0 Å². The van der Waals surface area contributed by atoms with E-state index in [4.69, 9.17) is 19.7 Å². The van der Waals surface area contributed by atoms with Crippen LogP contribution in [0.3, 0.4) is 0 Å². The van der Waals surface area contributed by atoms with E-state index in [2.05, 4.69) is 0 Å². The molecule has 0 aromatic heterocycles. The molecule has 4 N–H and O–H groups in total. The maximum atomic E-state index is 9.44. The van der Waals surface area contributed by atoms with Crippen LogP contribution in [0.2, 0.25) is 0 Å². The third-order valence-corrected chi connectivity index (χ3v) is 2.23. The zero-order chi connectivity index (χ0) is 10.1. The van der Waals surface area contributed by atoms with E-state index in [-0.39, 0.29) is 6.61 Å². The van der Waals surface area contributed by atoms with Gasteiger partial charge < -0.3 is 29.9 Å². The molecule has 0 bridgehead atoms. The highest BCUT2D eigenvalue weighted by Crippen LogP contribution is 2.26. The van der Waals surface area contributed by atoms with Gasteiger partial charge in [-0.3, -0.25) is 0 Å². The van der Waals surface area contributed by atoms with E-state index < -0.39 is 30.7 Å². The van der Waals surface area contributed by atoms with Crippen molar-refractivity contribution < 1.29 is 29.9 Å². The van der Waals surface area contributed by atoms with Crippen molar-refractivity contribution in [1.29, 1.82) is 0 Å². The molecule has 1 aliphatic heterocycles. The minimum absolute atomic E-state index is 0.188. The van der Waals surface area contributed by atoms with Gasteiger partial charge in [0.2, 0.25) is 5.79 Å². The molecule has 0 saturated carbocycles. The van der Waals surface area contributed by atoms with Crippen LogP contribution >= 0.6 is 0 Å². The fourth-order valence-corrected chi connectivity index (χ4v) is 1.26. The fourth-order valence-electron chi connectivity index (χ4n) is 1.26. The van der Waals surface area contributed by atoms with Crippen LogP contribution in [0.15, 0.2) is 0 Å². The van der Waals surface area contributed by atoms with E-state index in [1.807, 2.05) is 0 Å². The van der Waals surface area contributed by atoms with Crippen LogP contribution in [-0.2, 0) is 9.47 Å². The summed E-state index contributed by atoms with van der Waals surface area (Å²) in [7, 11) is 1.24. The molecule has 1 fully saturated rings. The molecule has 0 aliphatic carbocycles. The van der Waals surface area contributed by atoms with Crippen molar-refractivity contribution in [3.05, 3.63) is 0 Å². The lowest BCUT2D eigenvalue weighted by Crippen LogP contribution is -2.63. The number of rotatable bonds is 2. The Morgan fingerprint density at radius 3 is 2.54 bits per heavy atom. The monoisotopic (exact) mass is 194 g/mol. The van der Waals surface area contributed by atoms with Crippen molar-refractivity contribution in [3.8, 4) is 0 Å². The van der Waals surface area contributed by atoms with Gasteiger partial charge in [-0.1, -0.05) is 0 Å². The molecule has 0 aromatic rings. The Bertz CT molecular complexity index is 168. The van der Waals surface area contributed by atoms with Crippen molar-refractivity contribution in [2.24, 2.45) is 0 Å². The van der Waals surface area contributed by atoms with Crippen molar-refractivity contribution in [2.75, 3.05) is 20.3 Å². The summed E-state index contributed by atoms with van der Waals surface area (Å²) in [6.45, 7) is -0.777. The van der Waals surface area contributed by atoms with Gasteiger partial charge in [0.25, 0.3) is 0 Å². The molecule has 1 saturated heterocycles. The summed E-state index contributed by atoms with van der Waals surface area (Å²) < 4.78 is 9.69. The molecule has 6 nitrogen and oxygen atoms in total. The van der Waals surface area contributed by atoms with E-state index in [1.54, 1.807) is 0 Å². The highest BCUT2D eigenvalue weighted by Gasteiger charge is 2.49. The summed E-state index contributed by atoms with van der Waals surface area (Å²) in [5, 5.41) is 36.7. The first-order valence-electron chi connectivity index (χ1n) is 3.91. The zero-order valence-electron chi connectivity index (χ0n) is 7.25. The minimum Gasteiger partial charge on any atom is -0.391 e. The van der Waals surface area contributed by atoms with Crippen LogP contribution in [0.4, 0.5) is 0 Å². The van der Waals surface area contributed by atoms with E-state index in [0.29, 0.717) is 0 Å². The van der Waals surface area contributed by atoms with E-state index in [1.165, 1.54) is 7.11 Å². The second-order valence-electron chi connectivity index (χ2n) is 2.99. The first-order valence-corrected chi connectivity index (χ1v) is 3.91. The van der Waals surface area contributed by atoms with Crippen LogP contribution in [0.1, 0.15) is 0 Å². The van der Waals surface area contributed by atoms with Gasteiger partial charge >= 0.3 is 0 Å². The van der Waals surface area contributed by atoms with Crippen LogP contribution in [-0.4, -0.2) is 64.8 Å². The quantitative estimate of drug-likeness (QED) is 0.386. The van der Waals surface area contributed by atoms with Gasteiger partial charge in [0.15, 0.2) is 0 Å². The first-order chi connectivity index (χ1) is 6.07. The predicted molar refractivity (Wildman–Crippen MR) is 40.8 cm³/mol. The summed E-state index contributed by atoms with van der Waals surface area (Å²) >= 11 is 0. The topological polar surface area (TPSA) is 99.4 Å². The number of aliphatic hydroxyl groups is 4. The Balaban J connectivity index is 2.77. The molecule has 13 heavy (non-hydrogen) atoms. The normalized spacial score (nSPS) is 46.4. The number of aliphatic hydroxyl groups excluding tert-OH is 4. The van der Waals surface area contributed by atoms with Gasteiger partial charge in [-0.05, 0) is 0 Å². The molecule has 78 valence electrons. The van der Waals surface area contributed by atoms with Crippen molar-refractivity contribution in [2.45, 2.75) is 24.1 Å². The maximum absolute atomic E-state index is 9.44. The van der Waals surface area contributed by atoms with Gasteiger partial charge in [-0.25, -0.2) is 0 Å². The average molecular weight is 194 g/mol. The standard InChI is InChI=1S/C7H14O6/c1-12-7(3-8)6(11)5(10)4(9)2-13-7/h4-6,8-11H,2-3H2,1H3/t4-,5-,6+,7?/m1/s1. The molecular formula is C7H14O6. The number of methoxy groups -OCH3 is 1. The van der Waals surface area contributed by atoms with E-state index >= 15 is 0 Å². The molecule has 0 aromatic carbocycles. The molecule has 1 heterocycles. The second kappa shape index (κ2) is 3.87. The molecule has 1 unspecified atom stereocenters. The fraction of sp³-hybridized carbons (Fsp3) is 1.00. The first kappa shape index (κ1) is 10.8.